The van der Waals surface area contributed by atoms with Crippen LogP contribution in [0.1, 0.15) is 20.7 Å². The lowest BCUT2D eigenvalue weighted by atomic mass is 10.1. The van der Waals surface area contributed by atoms with Gasteiger partial charge in [-0.25, -0.2) is 0 Å². The van der Waals surface area contributed by atoms with E-state index >= 15 is 0 Å². The lowest BCUT2D eigenvalue weighted by Gasteiger charge is -2.07. The fourth-order valence-electron chi connectivity index (χ4n) is 1.66. The quantitative estimate of drug-likeness (QED) is 0.534. The maximum absolute atomic E-state index is 12.0. The molecular formula is C15H10ClNO3. The molecule has 4 nitrogen and oxygen atoms in total. The van der Waals surface area contributed by atoms with Crippen LogP contribution in [0.5, 0.6) is 0 Å². The molecule has 0 unspecified atom stereocenters. The van der Waals surface area contributed by atoms with Crippen molar-refractivity contribution in [1.29, 1.82) is 0 Å². The van der Waals surface area contributed by atoms with Gasteiger partial charge in [0.1, 0.15) is 0 Å². The van der Waals surface area contributed by atoms with Gasteiger partial charge in [0.25, 0.3) is 11.7 Å². The Balaban J connectivity index is 2.23. The molecule has 0 radical (unpaired) electrons. The van der Waals surface area contributed by atoms with Crippen LogP contribution in [0.25, 0.3) is 0 Å². The molecule has 0 spiro atoms. The normalized spacial score (nSPS) is 9.85. The molecule has 0 fully saturated rings. The molecule has 0 aromatic heterocycles. The first kappa shape index (κ1) is 14.0. The summed E-state index contributed by atoms with van der Waals surface area (Å²) in [7, 11) is 0. The van der Waals surface area contributed by atoms with Crippen molar-refractivity contribution in [2.45, 2.75) is 0 Å². The maximum atomic E-state index is 12.0. The molecule has 2 rings (SSSR count). The van der Waals surface area contributed by atoms with E-state index in [2.05, 4.69) is 5.32 Å². The van der Waals surface area contributed by atoms with Gasteiger partial charge in [-0.3, -0.25) is 14.4 Å². The molecule has 1 N–H and O–H groups in total. The van der Waals surface area contributed by atoms with Crippen LogP contribution in [0, 0.1) is 0 Å². The van der Waals surface area contributed by atoms with Gasteiger partial charge in [0, 0.05) is 11.1 Å². The predicted molar refractivity (Wildman–Crippen MR) is 76.2 cm³/mol. The van der Waals surface area contributed by atoms with Crippen LogP contribution < -0.4 is 5.32 Å². The number of aldehydes is 1. The first-order chi connectivity index (χ1) is 9.63. The molecule has 100 valence electrons. The Hall–Kier alpha value is -2.46. The third-order valence-electron chi connectivity index (χ3n) is 2.66. The Morgan fingerprint density at radius 3 is 2.35 bits per heavy atom. The van der Waals surface area contributed by atoms with Crippen molar-refractivity contribution in [1.82, 2.24) is 0 Å². The number of amides is 1. The third kappa shape index (κ3) is 2.92. The minimum Gasteiger partial charge on any atom is -0.318 e. The highest BCUT2D eigenvalue weighted by molar-refractivity contribution is 6.49. The molecule has 0 bridgehead atoms. The molecule has 0 aliphatic carbocycles. The molecule has 0 saturated carbocycles. The molecule has 0 atom stereocenters. The second-order valence-electron chi connectivity index (χ2n) is 3.97. The minimum absolute atomic E-state index is 0.121. The first-order valence-electron chi connectivity index (χ1n) is 5.78. The van der Waals surface area contributed by atoms with Crippen molar-refractivity contribution in [2.24, 2.45) is 0 Å². The molecule has 0 saturated heterocycles. The number of halogens is 1. The molecule has 20 heavy (non-hydrogen) atoms. The SMILES string of the molecule is O=Cc1ccccc1NC(=O)C(=O)c1ccccc1Cl. The van der Waals surface area contributed by atoms with E-state index in [9.17, 15) is 14.4 Å². The standard InChI is InChI=1S/C15H10ClNO3/c16-12-7-3-2-6-11(12)14(19)15(20)17-13-8-4-1-5-10(13)9-18/h1-9H,(H,17,20). The number of nitrogens with one attached hydrogen (secondary N) is 1. The number of hydrogen-bond donors (Lipinski definition) is 1. The van der Waals surface area contributed by atoms with Crippen molar-refractivity contribution in [2.75, 3.05) is 5.32 Å². The Kier molecular flexibility index (Phi) is 4.27. The molecule has 5 heteroatoms. The van der Waals surface area contributed by atoms with E-state index in [1.807, 2.05) is 0 Å². The molecule has 2 aromatic carbocycles. The zero-order valence-electron chi connectivity index (χ0n) is 10.3. The summed E-state index contributed by atoms with van der Waals surface area (Å²) in [6.07, 6.45) is 0.607. The molecule has 2 aromatic rings. The van der Waals surface area contributed by atoms with Gasteiger partial charge in [0.15, 0.2) is 6.29 Å². The number of carbonyl (C=O) groups is 3. The summed E-state index contributed by atoms with van der Waals surface area (Å²) in [6, 6.07) is 12.7. The largest absolute Gasteiger partial charge is 0.318 e. The lowest BCUT2D eigenvalue weighted by Crippen LogP contribution is -2.23. The minimum atomic E-state index is -0.840. The van der Waals surface area contributed by atoms with E-state index in [1.165, 1.54) is 12.1 Å². The number of hydrogen-bond acceptors (Lipinski definition) is 3. The van der Waals surface area contributed by atoms with Crippen LogP contribution in [-0.2, 0) is 4.79 Å². The summed E-state index contributed by atoms with van der Waals surface area (Å²) in [5.74, 6) is -1.59. The number of para-hydroxylation sites is 1. The van der Waals surface area contributed by atoms with Crippen LogP contribution in [0.4, 0.5) is 5.69 Å². The highest BCUT2D eigenvalue weighted by atomic mass is 35.5. The Labute approximate surface area is 120 Å². The van der Waals surface area contributed by atoms with Gasteiger partial charge in [0.05, 0.1) is 10.7 Å². The second kappa shape index (κ2) is 6.12. The number of benzene rings is 2. The van der Waals surface area contributed by atoms with Gasteiger partial charge < -0.3 is 5.32 Å². The first-order valence-corrected chi connectivity index (χ1v) is 6.15. The van der Waals surface area contributed by atoms with E-state index in [0.717, 1.165) is 0 Å². The van der Waals surface area contributed by atoms with Crippen LogP contribution in [-0.4, -0.2) is 18.0 Å². The zero-order valence-corrected chi connectivity index (χ0v) is 11.1. The highest BCUT2D eigenvalue weighted by Gasteiger charge is 2.19. The van der Waals surface area contributed by atoms with Crippen molar-refractivity contribution in [3.05, 3.63) is 64.7 Å². The van der Waals surface area contributed by atoms with E-state index < -0.39 is 11.7 Å². The number of rotatable bonds is 4. The summed E-state index contributed by atoms with van der Waals surface area (Å²) in [4.78, 5) is 34.7. The van der Waals surface area contributed by atoms with Crippen molar-refractivity contribution < 1.29 is 14.4 Å². The number of Topliss-reactive ketones (excluding diaryl/α,β-unsaturated/α-hetero) is 1. The molecule has 0 aliphatic rings. The number of anilines is 1. The van der Waals surface area contributed by atoms with Crippen LogP contribution >= 0.6 is 11.6 Å². The van der Waals surface area contributed by atoms with E-state index in [1.54, 1.807) is 36.4 Å². The van der Waals surface area contributed by atoms with E-state index in [-0.39, 0.29) is 16.3 Å². The summed E-state index contributed by atoms with van der Waals surface area (Å²) in [5, 5.41) is 2.61. The third-order valence-corrected chi connectivity index (χ3v) is 2.99. The fourth-order valence-corrected chi connectivity index (χ4v) is 1.88. The zero-order chi connectivity index (χ0) is 14.5. The van der Waals surface area contributed by atoms with Crippen LogP contribution in [0.3, 0.4) is 0 Å². The fraction of sp³-hybridized carbons (Fsp3) is 0. The molecule has 1 amide bonds. The van der Waals surface area contributed by atoms with E-state index in [0.29, 0.717) is 11.8 Å². The predicted octanol–water partition coefficient (Wildman–Crippen LogP) is 2.97. The Morgan fingerprint density at radius 1 is 1.00 bits per heavy atom. The number of carbonyl (C=O) groups excluding carboxylic acids is 3. The molecule has 0 aliphatic heterocycles. The van der Waals surface area contributed by atoms with Crippen molar-refractivity contribution in [3.63, 3.8) is 0 Å². The average molecular weight is 288 g/mol. The summed E-state index contributed by atoms with van der Waals surface area (Å²) < 4.78 is 0. The highest BCUT2D eigenvalue weighted by Crippen LogP contribution is 2.17. The topological polar surface area (TPSA) is 63.2 Å². The average Bonchev–Trinajstić information content (AvgIpc) is 2.47. The summed E-state index contributed by atoms with van der Waals surface area (Å²) in [6.45, 7) is 0. The van der Waals surface area contributed by atoms with Gasteiger partial charge in [-0.05, 0) is 24.3 Å². The maximum Gasteiger partial charge on any atom is 0.296 e. The van der Waals surface area contributed by atoms with E-state index in [4.69, 9.17) is 11.6 Å². The monoisotopic (exact) mass is 287 g/mol. The Bertz CT molecular complexity index is 682. The van der Waals surface area contributed by atoms with Crippen LogP contribution in [0.15, 0.2) is 48.5 Å². The smallest absolute Gasteiger partial charge is 0.296 e. The lowest BCUT2D eigenvalue weighted by molar-refractivity contribution is -0.112. The second-order valence-corrected chi connectivity index (χ2v) is 4.38. The van der Waals surface area contributed by atoms with Crippen molar-refractivity contribution >= 4 is 35.3 Å². The molecule has 0 heterocycles. The Morgan fingerprint density at radius 2 is 1.65 bits per heavy atom. The van der Waals surface area contributed by atoms with Gasteiger partial charge in [-0.15, -0.1) is 0 Å². The molecular weight excluding hydrogens is 278 g/mol. The summed E-state index contributed by atoms with van der Waals surface area (Å²) in [5.41, 5.74) is 0.705. The van der Waals surface area contributed by atoms with Gasteiger partial charge in [-0.2, -0.15) is 0 Å². The number of ketones is 1. The van der Waals surface area contributed by atoms with Crippen molar-refractivity contribution in [3.8, 4) is 0 Å². The van der Waals surface area contributed by atoms with Gasteiger partial charge >= 0.3 is 0 Å². The van der Waals surface area contributed by atoms with Gasteiger partial charge in [-0.1, -0.05) is 35.9 Å². The summed E-state index contributed by atoms with van der Waals surface area (Å²) >= 11 is 5.87. The van der Waals surface area contributed by atoms with Gasteiger partial charge in [0.2, 0.25) is 0 Å². The van der Waals surface area contributed by atoms with Crippen LogP contribution in [0.2, 0.25) is 5.02 Å².